The maximum absolute atomic E-state index is 12.4. The van der Waals surface area contributed by atoms with Crippen molar-refractivity contribution in [3.05, 3.63) is 70.7 Å². The van der Waals surface area contributed by atoms with Crippen LogP contribution in [0.5, 0.6) is 0 Å². The molecule has 0 unspecified atom stereocenters. The van der Waals surface area contributed by atoms with E-state index in [2.05, 4.69) is 5.32 Å². The molecule has 3 rings (SSSR count). The standard InChI is InChI=1S/C21H23ClN2O2/c22-18-9-7-17(8-10-18)21(26)23-19-12-14-24(15-13-19)20(25)11-6-16-4-2-1-3-5-16/h1-5,7-10,19H,6,11-15H2,(H,23,26). The molecule has 0 bridgehead atoms. The lowest BCUT2D eigenvalue weighted by molar-refractivity contribution is -0.132. The number of piperidine rings is 1. The molecule has 1 heterocycles. The molecule has 0 aliphatic carbocycles. The van der Waals surface area contributed by atoms with E-state index in [1.165, 1.54) is 5.56 Å². The molecular formula is C21H23ClN2O2. The summed E-state index contributed by atoms with van der Waals surface area (Å²) in [7, 11) is 0. The fourth-order valence-electron chi connectivity index (χ4n) is 3.20. The number of likely N-dealkylation sites (tertiary alicyclic amines) is 1. The maximum atomic E-state index is 12.4. The van der Waals surface area contributed by atoms with Crippen LogP contribution in [0.15, 0.2) is 54.6 Å². The Hall–Kier alpha value is -2.33. The molecule has 0 saturated carbocycles. The monoisotopic (exact) mass is 370 g/mol. The van der Waals surface area contributed by atoms with Gasteiger partial charge in [0.25, 0.3) is 5.91 Å². The highest BCUT2D eigenvalue weighted by molar-refractivity contribution is 6.30. The van der Waals surface area contributed by atoms with Crippen molar-refractivity contribution in [1.82, 2.24) is 10.2 Å². The van der Waals surface area contributed by atoms with E-state index in [9.17, 15) is 9.59 Å². The van der Waals surface area contributed by atoms with Gasteiger partial charge in [0.05, 0.1) is 0 Å². The number of halogens is 1. The summed E-state index contributed by atoms with van der Waals surface area (Å²) >= 11 is 5.85. The number of amides is 2. The van der Waals surface area contributed by atoms with Crippen LogP contribution in [0.3, 0.4) is 0 Å². The van der Waals surface area contributed by atoms with Crippen molar-refractivity contribution in [3.8, 4) is 0 Å². The molecule has 1 fully saturated rings. The molecule has 0 spiro atoms. The number of hydrogen-bond donors (Lipinski definition) is 1. The van der Waals surface area contributed by atoms with Gasteiger partial charge in [0.15, 0.2) is 0 Å². The summed E-state index contributed by atoms with van der Waals surface area (Å²) in [5.74, 6) is 0.104. The zero-order valence-electron chi connectivity index (χ0n) is 14.7. The van der Waals surface area contributed by atoms with Crippen molar-refractivity contribution < 1.29 is 9.59 Å². The Bertz CT molecular complexity index is 738. The average Bonchev–Trinajstić information content (AvgIpc) is 2.68. The summed E-state index contributed by atoms with van der Waals surface area (Å²) in [6, 6.07) is 17.0. The highest BCUT2D eigenvalue weighted by Crippen LogP contribution is 2.15. The zero-order valence-corrected chi connectivity index (χ0v) is 15.4. The summed E-state index contributed by atoms with van der Waals surface area (Å²) in [5, 5.41) is 3.67. The van der Waals surface area contributed by atoms with E-state index in [0.717, 1.165) is 19.3 Å². The van der Waals surface area contributed by atoms with Crippen molar-refractivity contribution in [2.24, 2.45) is 0 Å². The SMILES string of the molecule is O=C(NC1CCN(C(=O)CCc2ccccc2)CC1)c1ccc(Cl)cc1. The Labute approximate surface area is 159 Å². The Balaban J connectivity index is 1.42. The Morgan fingerprint density at radius 2 is 1.65 bits per heavy atom. The lowest BCUT2D eigenvalue weighted by Gasteiger charge is -2.32. The van der Waals surface area contributed by atoms with E-state index in [4.69, 9.17) is 11.6 Å². The number of benzene rings is 2. The van der Waals surface area contributed by atoms with Crippen molar-refractivity contribution >= 4 is 23.4 Å². The molecule has 0 aromatic heterocycles. The molecule has 0 atom stereocenters. The number of hydrogen-bond acceptors (Lipinski definition) is 2. The van der Waals surface area contributed by atoms with Crippen LogP contribution in [0.2, 0.25) is 5.02 Å². The fourth-order valence-corrected chi connectivity index (χ4v) is 3.32. The third kappa shape index (κ3) is 5.09. The molecular weight excluding hydrogens is 348 g/mol. The van der Waals surface area contributed by atoms with Crippen molar-refractivity contribution in [2.45, 2.75) is 31.7 Å². The molecule has 1 saturated heterocycles. The average molecular weight is 371 g/mol. The number of nitrogens with one attached hydrogen (secondary N) is 1. The molecule has 2 aromatic rings. The predicted molar refractivity (Wildman–Crippen MR) is 103 cm³/mol. The van der Waals surface area contributed by atoms with Crippen LogP contribution in [0, 0.1) is 0 Å². The van der Waals surface area contributed by atoms with Gasteiger partial charge in [0.1, 0.15) is 0 Å². The highest BCUT2D eigenvalue weighted by atomic mass is 35.5. The summed E-state index contributed by atoms with van der Waals surface area (Å²) in [6.45, 7) is 1.39. The lowest BCUT2D eigenvalue weighted by Crippen LogP contribution is -2.46. The quantitative estimate of drug-likeness (QED) is 0.872. The van der Waals surface area contributed by atoms with Crippen LogP contribution < -0.4 is 5.32 Å². The van der Waals surface area contributed by atoms with E-state index in [0.29, 0.717) is 30.1 Å². The first kappa shape index (κ1) is 18.5. The second kappa shape index (κ2) is 8.86. The van der Waals surface area contributed by atoms with Crippen LogP contribution in [0.25, 0.3) is 0 Å². The third-order valence-corrected chi connectivity index (χ3v) is 5.01. The maximum Gasteiger partial charge on any atom is 0.251 e. The highest BCUT2D eigenvalue weighted by Gasteiger charge is 2.23. The third-order valence-electron chi connectivity index (χ3n) is 4.76. The molecule has 1 aliphatic rings. The van der Waals surface area contributed by atoms with Crippen molar-refractivity contribution in [3.63, 3.8) is 0 Å². The second-order valence-electron chi connectivity index (χ2n) is 6.62. The number of rotatable bonds is 5. The summed E-state index contributed by atoms with van der Waals surface area (Å²) in [6.07, 6.45) is 2.88. The van der Waals surface area contributed by atoms with Crippen molar-refractivity contribution in [1.29, 1.82) is 0 Å². The van der Waals surface area contributed by atoms with E-state index in [-0.39, 0.29) is 17.9 Å². The van der Waals surface area contributed by atoms with Crippen LogP contribution in [-0.4, -0.2) is 35.8 Å². The number of carbonyl (C=O) groups excluding carboxylic acids is 2. The molecule has 4 nitrogen and oxygen atoms in total. The Morgan fingerprint density at radius 1 is 1.00 bits per heavy atom. The molecule has 1 N–H and O–H groups in total. The number of nitrogens with zero attached hydrogens (tertiary/aromatic N) is 1. The molecule has 0 radical (unpaired) electrons. The van der Waals surface area contributed by atoms with Gasteiger partial charge >= 0.3 is 0 Å². The van der Waals surface area contributed by atoms with Crippen LogP contribution >= 0.6 is 11.6 Å². The summed E-state index contributed by atoms with van der Waals surface area (Å²) in [5.41, 5.74) is 1.79. The first-order valence-corrected chi connectivity index (χ1v) is 9.38. The van der Waals surface area contributed by atoms with E-state index >= 15 is 0 Å². The smallest absolute Gasteiger partial charge is 0.251 e. The van der Waals surface area contributed by atoms with Gasteiger partial charge in [-0.2, -0.15) is 0 Å². The molecule has 5 heteroatoms. The van der Waals surface area contributed by atoms with Crippen LogP contribution in [0.4, 0.5) is 0 Å². The van der Waals surface area contributed by atoms with Gasteiger partial charge in [-0.3, -0.25) is 9.59 Å². The summed E-state index contributed by atoms with van der Waals surface area (Å²) in [4.78, 5) is 26.6. The zero-order chi connectivity index (χ0) is 18.4. The van der Waals surface area contributed by atoms with Crippen LogP contribution in [0.1, 0.15) is 35.2 Å². The van der Waals surface area contributed by atoms with Gasteiger partial charge in [0, 0.05) is 36.1 Å². The fraction of sp³-hybridized carbons (Fsp3) is 0.333. The number of carbonyl (C=O) groups is 2. The van der Waals surface area contributed by atoms with E-state index in [1.807, 2.05) is 35.2 Å². The minimum atomic E-state index is -0.0875. The van der Waals surface area contributed by atoms with Gasteiger partial charge in [-0.15, -0.1) is 0 Å². The molecule has 136 valence electrons. The predicted octanol–water partition coefficient (Wildman–Crippen LogP) is 3.69. The minimum absolute atomic E-state index is 0.0875. The molecule has 2 aromatic carbocycles. The van der Waals surface area contributed by atoms with E-state index in [1.54, 1.807) is 24.3 Å². The second-order valence-corrected chi connectivity index (χ2v) is 7.06. The van der Waals surface area contributed by atoms with Crippen molar-refractivity contribution in [2.75, 3.05) is 13.1 Å². The Kier molecular flexibility index (Phi) is 6.29. The molecule has 26 heavy (non-hydrogen) atoms. The normalized spacial score (nSPS) is 14.9. The summed E-state index contributed by atoms with van der Waals surface area (Å²) < 4.78 is 0. The number of aryl methyl sites for hydroxylation is 1. The minimum Gasteiger partial charge on any atom is -0.349 e. The van der Waals surface area contributed by atoms with Gasteiger partial charge < -0.3 is 10.2 Å². The first-order chi connectivity index (χ1) is 12.6. The van der Waals surface area contributed by atoms with Crippen LogP contribution in [-0.2, 0) is 11.2 Å². The largest absolute Gasteiger partial charge is 0.349 e. The topological polar surface area (TPSA) is 49.4 Å². The van der Waals surface area contributed by atoms with Gasteiger partial charge in [-0.1, -0.05) is 41.9 Å². The lowest BCUT2D eigenvalue weighted by atomic mass is 10.0. The Morgan fingerprint density at radius 3 is 2.31 bits per heavy atom. The van der Waals surface area contributed by atoms with Gasteiger partial charge in [0.2, 0.25) is 5.91 Å². The van der Waals surface area contributed by atoms with E-state index < -0.39 is 0 Å². The molecule has 2 amide bonds. The van der Waals surface area contributed by atoms with Gasteiger partial charge in [-0.05, 0) is 49.1 Å². The molecule has 1 aliphatic heterocycles. The van der Waals surface area contributed by atoms with Gasteiger partial charge in [-0.25, -0.2) is 0 Å². The first-order valence-electron chi connectivity index (χ1n) is 9.00.